The number of hydrogen-bond donors (Lipinski definition) is 2. The highest BCUT2D eigenvalue weighted by Crippen LogP contribution is 2.23. The number of aromatic nitrogens is 2. The Balaban J connectivity index is 1.33. The molecule has 3 aromatic rings. The van der Waals surface area contributed by atoms with Gasteiger partial charge in [0, 0.05) is 43.4 Å². The van der Waals surface area contributed by atoms with E-state index < -0.39 is 0 Å². The smallest absolute Gasteiger partial charge is 0.270 e. The van der Waals surface area contributed by atoms with Gasteiger partial charge in [-0.25, -0.2) is 4.98 Å². The van der Waals surface area contributed by atoms with Crippen LogP contribution in [-0.4, -0.2) is 29.0 Å². The standard InChI is InChI=1S/C22H23N5O/c28-22(25-15-17-4-3-11-23-14-17)21-10-7-19(16-24-21)26-18-5-8-20(9-6-18)27-12-1-2-13-27/h3-11,14,16,26H,1-2,12-13,15H2,(H,25,28). The molecule has 3 heterocycles. The SMILES string of the molecule is O=C(NCc1cccnc1)c1ccc(Nc2ccc(N3CCCC3)cc2)cn1. The molecule has 0 radical (unpaired) electrons. The molecule has 0 bridgehead atoms. The first-order chi connectivity index (χ1) is 13.8. The Bertz CT molecular complexity index is 904. The fourth-order valence-corrected chi connectivity index (χ4v) is 3.28. The first-order valence-electron chi connectivity index (χ1n) is 9.53. The molecule has 4 rings (SSSR count). The molecule has 142 valence electrons. The third kappa shape index (κ3) is 4.46. The minimum absolute atomic E-state index is 0.203. The molecule has 1 aliphatic rings. The van der Waals surface area contributed by atoms with E-state index in [0.717, 1.165) is 30.0 Å². The van der Waals surface area contributed by atoms with E-state index >= 15 is 0 Å². The number of amides is 1. The van der Waals surface area contributed by atoms with Crippen molar-refractivity contribution in [2.45, 2.75) is 19.4 Å². The molecule has 1 aromatic carbocycles. The van der Waals surface area contributed by atoms with E-state index in [1.165, 1.54) is 18.5 Å². The van der Waals surface area contributed by atoms with Crippen molar-refractivity contribution < 1.29 is 4.79 Å². The van der Waals surface area contributed by atoms with Crippen LogP contribution in [0.25, 0.3) is 0 Å². The Kier molecular flexibility index (Phi) is 5.47. The quantitative estimate of drug-likeness (QED) is 0.689. The summed E-state index contributed by atoms with van der Waals surface area (Å²) in [5, 5.41) is 6.18. The summed E-state index contributed by atoms with van der Waals surface area (Å²) >= 11 is 0. The second-order valence-corrected chi connectivity index (χ2v) is 6.84. The van der Waals surface area contributed by atoms with Gasteiger partial charge < -0.3 is 15.5 Å². The van der Waals surface area contributed by atoms with Gasteiger partial charge in [0.05, 0.1) is 11.9 Å². The molecular weight excluding hydrogens is 350 g/mol. The van der Waals surface area contributed by atoms with Gasteiger partial charge in [-0.3, -0.25) is 9.78 Å². The molecular formula is C22H23N5O. The number of hydrogen-bond acceptors (Lipinski definition) is 5. The summed E-state index contributed by atoms with van der Waals surface area (Å²) < 4.78 is 0. The Labute approximate surface area is 164 Å². The van der Waals surface area contributed by atoms with Gasteiger partial charge in [0.25, 0.3) is 5.91 Å². The number of benzene rings is 1. The molecule has 2 N–H and O–H groups in total. The van der Waals surface area contributed by atoms with Crippen LogP contribution in [-0.2, 0) is 6.54 Å². The molecule has 1 aliphatic heterocycles. The van der Waals surface area contributed by atoms with Crippen LogP contribution in [0, 0.1) is 0 Å². The number of carbonyl (C=O) groups is 1. The normalized spacial score (nSPS) is 13.4. The van der Waals surface area contributed by atoms with Crippen molar-refractivity contribution in [2.24, 2.45) is 0 Å². The Hall–Kier alpha value is -3.41. The van der Waals surface area contributed by atoms with E-state index in [9.17, 15) is 4.79 Å². The van der Waals surface area contributed by atoms with E-state index in [1.54, 1.807) is 24.7 Å². The fraction of sp³-hybridized carbons (Fsp3) is 0.227. The van der Waals surface area contributed by atoms with Crippen LogP contribution >= 0.6 is 0 Å². The van der Waals surface area contributed by atoms with Crippen molar-refractivity contribution in [1.29, 1.82) is 0 Å². The van der Waals surface area contributed by atoms with Crippen LogP contribution < -0.4 is 15.5 Å². The van der Waals surface area contributed by atoms with Gasteiger partial charge in [-0.05, 0) is 60.9 Å². The Morgan fingerprint density at radius 1 is 0.964 bits per heavy atom. The third-order valence-corrected chi connectivity index (χ3v) is 4.80. The maximum absolute atomic E-state index is 12.2. The van der Waals surface area contributed by atoms with Crippen molar-refractivity contribution in [1.82, 2.24) is 15.3 Å². The molecule has 1 fully saturated rings. The minimum Gasteiger partial charge on any atom is -0.372 e. The largest absolute Gasteiger partial charge is 0.372 e. The van der Waals surface area contributed by atoms with Gasteiger partial charge >= 0.3 is 0 Å². The average Bonchev–Trinajstić information content (AvgIpc) is 3.29. The molecule has 1 saturated heterocycles. The van der Waals surface area contributed by atoms with Gasteiger partial charge in [0.2, 0.25) is 0 Å². The van der Waals surface area contributed by atoms with Crippen molar-refractivity contribution in [3.8, 4) is 0 Å². The van der Waals surface area contributed by atoms with Crippen LogP contribution in [0.4, 0.5) is 17.1 Å². The van der Waals surface area contributed by atoms with Gasteiger partial charge in [0.15, 0.2) is 0 Å². The molecule has 0 saturated carbocycles. The van der Waals surface area contributed by atoms with Gasteiger partial charge in [-0.1, -0.05) is 6.07 Å². The first-order valence-corrected chi connectivity index (χ1v) is 9.53. The topological polar surface area (TPSA) is 70.2 Å². The number of rotatable bonds is 6. The highest BCUT2D eigenvalue weighted by Gasteiger charge is 2.12. The zero-order chi connectivity index (χ0) is 19.2. The van der Waals surface area contributed by atoms with Crippen molar-refractivity contribution >= 4 is 23.0 Å². The lowest BCUT2D eigenvalue weighted by atomic mass is 10.2. The van der Waals surface area contributed by atoms with Crippen molar-refractivity contribution in [3.63, 3.8) is 0 Å². The Morgan fingerprint density at radius 2 is 1.75 bits per heavy atom. The maximum atomic E-state index is 12.2. The Morgan fingerprint density at radius 3 is 2.43 bits per heavy atom. The highest BCUT2D eigenvalue weighted by atomic mass is 16.1. The third-order valence-electron chi connectivity index (χ3n) is 4.80. The van der Waals surface area contributed by atoms with Crippen molar-refractivity contribution in [3.05, 3.63) is 78.4 Å². The zero-order valence-electron chi connectivity index (χ0n) is 15.6. The predicted octanol–water partition coefficient (Wildman–Crippen LogP) is 3.75. The molecule has 28 heavy (non-hydrogen) atoms. The van der Waals surface area contributed by atoms with Crippen molar-refractivity contribution in [2.75, 3.05) is 23.3 Å². The number of nitrogens with one attached hydrogen (secondary N) is 2. The van der Waals surface area contributed by atoms with Gasteiger partial charge in [-0.2, -0.15) is 0 Å². The molecule has 6 heteroatoms. The minimum atomic E-state index is -0.203. The molecule has 2 aromatic heterocycles. The van der Waals surface area contributed by atoms with Crippen LogP contribution in [0.3, 0.4) is 0 Å². The summed E-state index contributed by atoms with van der Waals surface area (Å²) in [7, 11) is 0. The summed E-state index contributed by atoms with van der Waals surface area (Å²) in [6.45, 7) is 2.71. The molecule has 1 amide bonds. The summed E-state index contributed by atoms with van der Waals surface area (Å²) in [5.74, 6) is -0.203. The molecule has 0 aliphatic carbocycles. The molecule has 0 atom stereocenters. The van der Waals surface area contributed by atoms with Gasteiger partial charge in [-0.15, -0.1) is 0 Å². The van der Waals surface area contributed by atoms with Gasteiger partial charge in [0.1, 0.15) is 5.69 Å². The highest BCUT2D eigenvalue weighted by molar-refractivity contribution is 5.92. The predicted molar refractivity (Wildman–Crippen MR) is 111 cm³/mol. The molecule has 0 unspecified atom stereocenters. The number of carbonyl (C=O) groups excluding carboxylic acids is 1. The number of nitrogens with zero attached hydrogens (tertiary/aromatic N) is 3. The lowest BCUT2D eigenvalue weighted by molar-refractivity contribution is 0.0946. The van der Waals surface area contributed by atoms with E-state index in [2.05, 4.69) is 49.8 Å². The van der Waals surface area contributed by atoms with E-state index in [4.69, 9.17) is 0 Å². The summed E-state index contributed by atoms with van der Waals surface area (Å²) in [6.07, 6.45) is 7.66. The van der Waals surface area contributed by atoms with Crippen LogP contribution in [0.15, 0.2) is 67.1 Å². The van der Waals surface area contributed by atoms with E-state index in [-0.39, 0.29) is 5.91 Å². The van der Waals surface area contributed by atoms with E-state index in [0.29, 0.717) is 12.2 Å². The number of pyridine rings is 2. The maximum Gasteiger partial charge on any atom is 0.270 e. The molecule has 6 nitrogen and oxygen atoms in total. The average molecular weight is 373 g/mol. The summed E-state index contributed by atoms with van der Waals surface area (Å²) in [4.78, 5) is 22.9. The van der Waals surface area contributed by atoms with Crippen LogP contribution in [0.2, 0.25) is 0 Å². The van der Waals surface area contributed by atoms with E-state index in [1.807, 2.05) is 18.2 Å². The monoisotopic (exact) mass is 373 g/mol. The van der Waals surface area contributed by atoms with Crippen LogP contribution in [0.1, 0.15) is 28.9 Å². The zero-order valence-corrected chi connectivity index (χ0v) is 15.6. The summed E-state index contributed by atoms with van der Waals surface area (Å²) in [5.41, 5.74) is 4.45. The number of anilines is 3. The van der Waals surface area contributed by atoms with Crippen LogP contribution in [0.5, 0.6) is 0 Å². The summed E-state index contributed by atoms with van der Waals surface area (Å²) in [6, 6.07) is 15.8. The lowest BCUT2D eigenvalue weighted by Crippen LogP contribution is -2.23. The lowest BCUT2D eigenvalue weighted by Gasteiger charge is -2.18. The fourth-order valence-electron chi connectivity index (χ4n) is 3.28. The molecule has 0 spiro atoms. The first kappa shape index (κ1) is 18.0. The second-order valence-electron chi connectivity index (χ2n) is 6.84. The second kappa shape index (κ2) is 8.52.